The van der Waals surface area contributed by atoms with Crippen LogP contribution in [0.4, 0.5) is 0 Å². The van der Waals surface area contributed by atoms with E-state index in [1.165, 1.54) is 9.96 Å². The Kier molecular flexibility index (Phi) is 9.98. The second kappa shape index (κ2) is 14.3. The molecule has 7 aromatic rings. The number of benzene rings is 4. The molecule has 3 heterocycles. The number of furan rings is 1. The molecule has 0 spiro atoms. The van der Waals surface area contributed by atoms with Crippen LogP contribution in [0.2, 0.25) is 17.3 Å². The Morgan fingerprint density at radius 3 is 2.22 bits per heavy atom. The molecule has 0 N–H and O–H groups in total. The molecular formula is C41H38GeIrN2O-2. The van der Waals surface area contributed by atoms with Gasteiger partial charge in [-0.15, -0.1) is 17.7 Å². The van der Waals surface area contributed by atoms with Crippen molar-refractivity contribution in [2.45, 2.75) is 43.9 Å². The number of rotatable bonds is 5. The zero-order valence-electron chi connectivity index (χ0n) is 28.1. The van der Waals surface area contributed by atoms with Crippen molar-refractivity contribution in [1.29, 1.82) is 0 Å². The van der Waals surface area contributed by atoms with Crippen molar-refractivity contribution in [3.05, 3.63) is 139 Å². The van der Waals surface area contributed by atoms with Crippen molar-refractivity contribution in [2.24, 2.45) is 0 Å². The van der Waals surface area contributed by atoms with E-state index in [4.69, 9.17) is 5.79 Å². The number of aromatic nitrogens is 2. The molecule has 46 heavy (non-hydrogen) atoms. The van der Waals surface area contributed by atoms with Crippen molar-refractivity contribution in [2.75, 3.05) is 0 Å². The molecule has 3 nitrogen and oxygen atoms in total. The molecule has 7 rings (SSSR count). The summed E-state index contributed by atoms with van der Waals surface area (Å²) in [5.74, 6) is 6.46. The average molecular weight is 841 g/mol. The topological polar surface area (TPSA) is 38.9 Å². The average Bonchev–Trinajstić information content (AvgIpc) is 3.44. The molecule has 1 radical (unpaired) electrons. The summed E-state index contributed by atoms with van der Waals surface area (Å²) in [6.07, 6.45) is 3.81. The number of hydrogen-bond donors (Lipinski definition) is 0. The maximum absolute atomic E-state index is 8.34. The van der Waals surface area contributed by atoms with Gasteiger partial charge >= 0.3 is 99.8 Å². The van der Waals surface area contributed by atoms with Gasteiger partial charge in [-0.05, 0) is 40.9 Å². The van der Waals surface area contributed by atoms with Gasteiger partial charge in [0.15, 0.2) is 0 Å². The van der Waals surface area contributed by atoms with Gasteiger partial charge in [-0.25, -0.2) is 0 Å². The SMILES string of the molecule is [2H]C(C)(C)c1ccnc(-c2[c-]c(C)c3oc4ccc(-c5ccccc5)cc4c3c2)c1.[CH3][Ge]([CH3])([CH3])[c]1ccc(-c2[c-]cccc2)nc1.[Ir]. The minimum Gasteiger partial charge on any atom is 0 e. The Hall–Kier alpha value is -3.83. The van der Waals surface area contributed by atoms with Crippen LogP contribution >= 0.6 is 0 Å². The van der Waals surface area contributed by atoms with Crippen LogP contribution in [0.15, 0.2) is 120 Å². The fourth-order valence-electron chi connectivity index (χ4n) is 5.36. The summed E-state index contributed by atoms with van der Waals surface area (Å²) >= 11 is -1.72. The van der Waals surface area contributed by atoms with Crippen LogP contribution in [-0.4, -0.2) is 23.2 Å². The van der Waals surface area contributed by atoms with Gasteiger partial charge in [0.25, 0.3) is 0 Å². The minimum atomic E-state index is -1.72. The Morgan fingerprint density at radius 1 is 0.761 bits per heavy atom. The van der Waals surface area contributed by atoms with E-state index in [-0.39, 0.29) is 20.1 Å². The quantitative estimate of drug-likeness (QED) is 0.128. The van der Waals surface area contributed by atoms with Crippen molar-refractivity contribution in [1.82, 2.24) is 9.97 Å². The van der Waals surface area contributed by atoms with Crippen LogP contribution < -0.4 is 4.40 Å². The van der Waals surface area contributed by atoms with Gasteiger partial charge in [0.1, 0.15) is 5.58 Å². The molecule has 0 atom stereocenters. The van der Waals surface area contributed by atoms with E-state index in [2.05, 4.69) is 94.0 Å². The normalized spacial score (nSPS) is 11.8. The van der Waals surface area contributed by atoms with Crippen LogP contribution in [0.3, 0.4) is 0 Å². The van der Waals surface area contributed by atoms with Crippen molar-refractivity contribution < 1.29 is 25.9 Å². The number of hydrogen-bond acceptors (Lipinski definition) is 3. The molecule has 0 bridgehead atoms. The maximum Gasteiger partial charge on any atom is 0 e. The van der Waals surface area contributed by atoms with Crippen LogP contribution in [0.5, 0.6) is 0 Å². The summed E-state index contributed by atoms with van der Waals surface area (Å²) in [5.41, 5.74) is 9.77. The van der Waals surface area contributed by atoms with E-state index in [9.17, 15) is 0 Å². The van der Waals surface area contributed by atoms with E-state index < -0.39 is 19.2 Å². The third-order valence-corrected chi connectivity index (χ3v) is 12.3. The van der Waals surface area contributed by atoms with Gasteiger partial charge in [-0.1, -0.05) is 79.7 Å². The molecule has 0 unspecified atom stereocenters. The predicted octanol–water partition coefficient (Wildman–Crippen LogP) is 10.6. The molecule has 0 saturated heterocycles. The summed E-state index contributed by atoms with van der Waals surface area (Å²) in [6.45, 7) is 5.79. The fraction of sp³-hybridized carbons (Fsp3) is 0.171. The zero-order chi connectivity index (χ0) is 32.5. The summed E-state index contributed by atoms with van der Waals surface area (Å²) < 4.78 is 15.9. The monoisotopic (exact) mass is 842 g/mol. The third-order valence-electron chi connectivity index (χ3n) is 8.01. The van der Waals surface area contributed by atoms with E-state index in [1.807, 2.05) is 75.5 Å². The van der Waals surface area contributed by atoms with Gasteiger partial charge in [-0.2, -0.15) is 0 Å². The second-order valence-corrected chi connectivity index (χ2v) is 23.3. The van der Waals surface area contributed by atoms with Crippen molar-refractivity contribution in [3.63, 3.8) is 0 Å². The van der Waals surface area contributed by atoms with Crippen LogP contribution in [0.25, 0.3) is 55.6 Å². The molecule has 5 heteroatoms. The third kappa shape index (κ3) is 7.42. The predicted molar refractivity (Wildman–Crippen MR) is 192 cm³/mol. The second-order valence-electron chi connectivity index (χ2n) is 12.6. The van der Waals surface area contributed by atoms with Crippen LogP contribution in [-0.2, 0) is 20.1 Å². The first-order valence-electron chi connectivity index (χ1n) is 15.8. The van der Waals surface area contributed by atoms with Gasteiger partial charge in [0.05, 0.1) is 5.58 Å². The number of pyridine rings is 2. The zero-order valence-corrected chi connectivity index (χ0v) is 31.6. The molecule has 3 aromatic heterocycles. The molecule has 0 saturated carbocycles. The molecule has 0 aliphatic heterocycles. The summed E-state index contributed by atoms with van der Waals surface area (Å²) in [7, 11) is 0. The Morgan fingerprint density at radius 2 is 1.54 bits per heavy atom. The van der Waals surface area contributed by atoms with E-state index in [0.29, 0.717) is 0 Å². The van der Waals surface area contributed by atoms with Gasteiger partial charge in [0, 0.05) is 33.1 Å². The van der Waals surface area contributed by atoms with Crippen molar-refractivity contribution in [3.8, 4) is 33.6 Å². The molecule has 0 amide bonds. The molecule has 0 fully saturated rings. The molecule has 233 valence electrons. The molecule has 4 aromatic carbocycles. The molecule has 0 aliphatic carbocycles. The molecule has 0 aliphatic rings. The van der Waals surface area contributed by atoms with Crippen LogP contribution in [0, 0.1) is 19.1 Å². The standard InChI is InChI=1S/C27H22NO.C14H16GeN.Ir/c1-17(2)20-11-12-28-25(16-20)22-13-18(3)27-24(15-22)23-14-21(9-10-26(23)29-27)19-7-5-4-6-8-19;1-15(2,3)13-9-10-14(16-11-13)12-7-5-4-6-8-12;/h4-12,14-17H,1-3H3;4-7,9-11H,1-3H3;/q2*-1;/i17D;;. The number of fused-ring (bicyclic) bond motifs is 3. The first kappa shape index (κ1) is 32.1. The smallest absolute Gasteiger partial charge is 0 e. The first-order valence-corrected chi connectivity index (χ1v) is 22.7. The first-order chi connectivity index (χ1) is 22.0. The van der Waals surface area contributed by atoms with Crippen LogP contribution in [0.1, 0.15) is 32.2 Å². The summed E-state index contributed by atoms with van der Waals surface area (Å²) in [4.78, 5) is 9.09. The van der Waals surface area contributed by atoms with Gasteiger partial charge in [-0.3, -0.25) is 0 Å². The number of aryl methyl sites for hydroxylation is 1. The summed E-state index contributed by atoms with van der Waals surface area (Å²) in [5, 5.41) is 2.15. The van der Waals surface area contributed by atoms with E-state index in [0.717, 1.165) is 61.1 Å². The van der Waals surface area contributed by atoms with E-state index >= 15 is 0 Å². The number of nitrogens with zero attached hydrogens (tertiary/aromatic N) is 2. The fourth-order valence-corrected chi connectivity index (χ4v) is 7.54. The van der Waals surface area contributed by atoms with Crippen molar-refractivity contribution >= 4 is 39.6 Å². The summed E-state index contributed by atoms with van der Waals surface area (Å²) in [6, 6.07) is 41.6. The molecular weight excluding hydrogens is 801 g/mol. The maximum atomic E-state index is 8.34. The largest absolute Gasteiger partial charge is 0 e. The Labute approximate surface area is 290 Å². The Bertz CT molecular complexity index is 2110. The minimum absolute atomic E-state index is 0. The van der Waals surface area contributed by atoms with E-state index in [1.54, 1.807) is 6.20 Å². The van der Waals surface area contributed by atoms with Gasteiger partial charge in [0.2, 0.25) is 0 Å². The van der Waals surface area contributed by atoms with Gasteiger partial charge < -0.3 is 9.40 Å². The Balaban J connectivity index is 0.000000217.